The number of ketones is 1. The van der Waals surface area contributed by atoms with Gasteiger partial charge in [0.15, 0.2) is 0 Å². The fourth-order valence-electron chi connectivity index (χ4n) is 3.02. The van der Waals surface area contributed by atoms with Crippen LogP contribution in [0.25, 0.3) is 0 Å². The van der Waals surface area contributed by atoms with Crippen molar-refractivity contribution in [1.29, 1.82) is 0 Å². The van der Waals surface area contributed by atoms with Gasteiger partial charge in [-0.15, -0.1) is 0 Å². The highest BCUT2D eigenvalue weighted by atomic mass is 19.1. The number of carbonyl (C=O) groups excluding carboxylic acids is 2. The van der Waals surface area contributed by atoms with E-state index in [1.165, 1.54) is 12.1 Å². The highest BCUT2D eigenvalue weighted by Gasteiger charge is 2.35. The van der Waals surface area contributed by atoms with Crippen LogP contribution in [0.3, 0.4) is 0 Å². The Bertz CT molecular complexity index is 732. The van der Waals surface area contributed by atoms with Gasteiger partial charge in [0.05, 0.1) is 12.7 Å². The third-order valence-electron chi connectivity index (χ3n) is 4.47. The first-order chi connectivity index (χ1) is 12.6. The summed E-state index contributed by atoms with van der Waals surface area (Å²) in [5.74, 6) is -1.76. The number of rotatable bonds is 6. The Morgan fingerprint density at radius 1 is 0.962 bits per heavy atom. The Balaban J connectivity index is 1.48. The second kappa shape index (κ2) is 8.72. The second-order valence-corrected chi connectivity index (χ2v) is 6.39. The Morgan fingerprint density at radius 2 is 1.62 bits per heavy atom. The van der Waals surface area contributed by atoms with Crippen molar-refractivity contribution in [2.75, 3.05) is 0 Å². The van der Waals surface area contributed by atoms with E-state index < -0.39 is 24.0 Å². The average Bonchev–Trinajstić information content (AvgIpc) is 2.69. The van der Waals surface area contributed by atoms with Gasteiger partial charge in [0, 0.05) is 12.0 Å². The molecule has 1 aliphatic carbocycles. The first-order valence-electron chi connectivity index (χ1n) is 8.73. The first kappa shape index (κ1) is 18.3. The van der Waals surface area contributed by atoms with E-state index in [1.54, 1.807) is 18.2 Å². The zero-order valence-electron chi connectivity index (χ0n) is 14.3. The molecule has 1 fully saturated rings. The molecule has 0 saturated heterocycles. The lowest BCUT2D eigenvalue weighted by molar-refractivity contribution is -0.151. The molecule has 0 amide bonds. The van der Waals surface area contributed by atoms with Crippen LogP contribution < -0.4 is 0 Å². The molecule has 0 aliphatic heterocycles. The molecule has 26 heavy (non-hydrogen) atoms. The minimum absolute atomic E-state index is 0.157. The van der Waals surface area contributed by atoms with Crippen molar-refractivity contribution in [2.45, 2.75) is 44.2 Å². The lowest BCUT2D eigenvalue weighted by Gasteiger charge is -2.31. The zero-order chi connectivity index (χ0) is 18.4. The molecule has 3 unspecified atom stereocenters. The highest BCUT2D eigenvalue weighted by Crippen LogP contribution is 2.27. The number of Topliss-reactive ketones (excluding diaryl/α,β-unsaturated/α-hetero) is 1. The second-order valence-electron chi connectivity index (χ2n) is 6.39. The first-order valence-corrected chi connectivity index (χ1v) is 8.73. The van der Waals surface area contributed by atoms with Gasteiger partial charge in [-0.05, 0) is 18.4 Å². The maximum absolute atomic E-state index is 14.4. The molecule has 0 spiro atoms. The third kappa shape index (κ3) is 4.76. The van der Waals surface area contributed by atoms with Crippen molar-refractivity contribution in [2.24, 2.45) is 0 Å². The van der Waals surface area contributed by atoms with Gasteiger partial charge >= 0.3 is 5.97 Å². The maximum atomic E-state index is 14.4. The smallest absolute Gasteiger partial charge is 0.380 e. The van der Waals surface area contributed by atoms with Crippen molar-refractivity contribution < 1.29 is 23.5 Å². The van der Waals surface area contributed by atoms with Gasteiger partial charge in [0.25, 0.3) is 5.78 Å². The van der Waals surface area contributed by atoms with E-state index in [-0.39, 0.29) is 18.1 Å². The quantitative estimate of drug-likeness (QED) is 0.448. The van der Waals surface area contributed by atoms with Crippen LogP contribution in [-0.4, -0.2) is 30.1 Å². The fraction of sp³-hybridized carbons (Fsp3) is 0.333. The average molecular weight is 356 g/mol. The number of halogens is 1. The normalized spacial score (nSPS) is 22.6. The van der Waals surface area contributed by atoms with Crippen molar-refractivity contribution in [1.82, 2.24) is 0 Å². The van der Waals surface area contributed by atoms with Crippen LogP contribution in [0.5, 0.6) is 0 Å². The van der Waals surface area contributed by atoms with Gasteiger partial charge in [-0.2, -0.15) is 0 Å². The summed E-state index contributed by atoms with van der Waals surface area (Å²) in [5.41, 5.74) is 1.28. The third-order valence-corrected chi connectivity index (χ3v) is 4.47. The summed E-state index contributed by atoms with van der Waals surface area (Å²) < 4.78 is 25.3. The molecule has 0 N–H and O–H groups in total. The van der Waals surface area contributed by atoms with Gasteiger partial charge < -0.3 is 9.47 Å². The predicted octanol–water partition coefficient (Wildman–Crippen LogP) is 3.89. The van der Waals surface area contributed by atoms with E-state index in [1.807, 2.05) is 30.3 Å². The van der Waals surface area contributed by atoms with Crippen LogP contribution in [0.15, 0.2) is 60.7 Å². The molecule has 0 radical (unpaired) electrons. The van der Waals surface area contributed by atoms with Crippen LogP contribution in [-0.2, 0) is 20.9 Å². The molecule has 1 aliphatic rings. The molecule has 0 aromatic heterocycles. The molecule has 0 bridgehead atoms. The van der Waals surface area contributed by atoms with Gasteiger partial charge in [0.1, 0.15) is 12.3 Å². The topological polar surface area (TPSA) is 52.6 Å². The van der Waals surface area contributed by atoms with E-state index >= 15 is 0 Å². The number of alkyl halides is 1. The van der Waals surface area contributed by atoms with Crippen molar-refractivity contribution >= 4 is 11.8 Å². The number of carbonyl (C=O) groups is 2. The Hall–Kier alpha value is -2.53. The molecule has 0 heterocycles. The number of esters is 1. The predicted molar refractivity (Wildman–Crippen MR) is 94.4 cm³/mol. The number of benzene rings is 2. The summed E-state index contributed by atoms with van der Waals surface area (Å²) in [6.07, 6.45) is -1.36. The van der Waals surface area contributed by atoms with E-state index in [2.05, 4.69) is 0 Å². The van der Waals surface area contributed by atoms with Crippen LogP contribution in [0.4, 0.5) is 4.39 Å². The molecule has 2 aromatic rings. The van der Waals surface area contributed by atoms with Crippen molar-refractivity contribution in [3.8, 4) is 0 Å². The molecule has 1 saturated carbocycles. The molecule has 5 heteroatoms. The number of hydrogen-bond acceptors (Lipinski definition) is 4. The number of ether oxygens (including phenoxy) is 2. The van der Waals surface area contributed by atoms with Gasteiger partial charge in [-0.25, -0.2) is 9.18 Å². The molecule has 136 valence electrons. The van der Waals surface area contributed by atoms with E-state index in [4.69, 9.17) is 9.47 Å². The van der Waals surface area contributed by atoms with Crippen LogP contribution in [0.1, 0.15) is 35.2 Å². The minimum Gasteiger partial charge on any atom is -0.453 e. The Morgan fingerprint density at radius 3 is 2.27 bits per heavy atom. The lowest BCUT2D eigenvalue weighted by Crippen LogP contribution is -2.39. The zero-order valence-corrected chi connectivity index (χ0v) is 14.3. The lowest BCUT2D eigenvalue weighted by atomic mass is 9.93. The van der Waals surface area contributed by atoms with Gasteiger partial charge in [-0.1, -0.05) is 60.7 Å². The summed E-state index contributed by atoms with van der Waals surface area (Å²) in [5, 5.41) is 0. The largest absolute Gasteiger partial charge is 0.453 e. The summed E-state index contributed by atoms with van der Waals surface area (Å²) in [7, 11) is 0. The summed E-state index contributed by atoms with van der Waals surface area (Å²) in [4.78, 5) is 24.0. The molecule has 3 rings (SSSR count). The summed E-state index contributed by atoms with van der Waals surface area (Å²) >= 11 is 0. The SMILES string of the molecule is O=C(OC1CCC(OCc2ccccc2)CC1F)C(=O)c1ccccc1. The van der Waals surface area contributed by atoms with Crippen LogP contribution in [0, 0.1) is 0 Å². The monoisotopic (exact) mass is 356 g/mol. The standard InChI is InChI=1S/C21H21FO4/c22-18-13-17(25-14-15-7-3-1-4-8-15)11-12-19(18)26-21(24)20(23)16-9-5-2-6-10-16/h1-10,17-19H,11-14H2. The van der Waals surface area contributed by atoms with E-state index in [0.717, 1.165) is 5.56 Å². The van der Waals surface area contributed by atoms with E-state index in [9.17, 15) is 14.0 Å². The Labute approximate surface area is 151 Å². The summed E-state index contributed by atoms with van der Waals surface area (Å²) in [6.45, 7) is 0.426. The van der Waals surface area contributed by atoms with E-state index in [0.29, 0.717) is 19.4 Å². The highest BCUT2D eigenvalue weighted by molar-refractivity contribution is 6.40. The van der Waals surface area contributed by atoms with Crippen molar-refractivity contribution in [3.05, 3.63) is 71.8 Å². The molecular weight excluding hydrogens is 335 g/mol. The Kier molecular flexibility index (Phi) is 6.12. The molecule has 3 atom stereocenters. The minimum atomic E-state index is -1.34. The van der Waals surface area contributed by atoms with Crippen molar-refractivity contribution in [3.63, 3.8) is 0 Å². The maximum Gasteiger partial charge on any atom is 0.380 e. The fourth-order valence-corrected chi connectivity index (χ4v) is 3.02. The van der Waals surface area contributed by atoms with Crippen LogP contribution >= 0.6 is 0 Å². The molecule has 4 nitrogen and oxygen atoms in total. The van der Waals surface area contributed by atoms with Crippen LogP contribution in [0.2, 0.25) is 0 Å². The van der Waals surface area contributed by atoms with Gasteiger partial charge in [-0.3, -0.25) is 4.79 Å². The molecular formula is C21H21FO4. The van der Waals surface area contributed by atoms with Gasteiger partial charge in [0.2, 0.25) is 0 Å². The summed E-state index contributed by atoms with van der Waals surface area (Å²) in [6, 6.07) is 17.8. The number of hydrogen-bond donors (Lipinski definition) is 0. The molecule has 2 aromatic carbocycles.